The number of amides is 2. The van der Waals surface area contributed by atoms with E-state index < -0.39 is 17.8 Å². The van der Waals surface area contributed by atoms with Gasteiger partial charge < -0.3 is 20.5 Å². The van der Waals surface area contributed by atoms with E-state index in [1.54, 1.807) is 30.3 Å². The number of allylic oxidation sites excluding steroid dienone is 2. The van der Waals surface area contributed by atoms with Crippen LogP contribution in [0, 0.1) is 11.8 Å². The minimum absolute atomic E-state index is 0.103. The Bertz CT molecular complexity index is 720. The van der Waals surface area contributed by atoms with Crippen molar-refractivity contribution in [1.29, 1.82) is 0 Å². The van der Waals surface area contributed by atoms with Crippen molar-refractivity contribution in [2.24, 2.45) is 11.8 Å². The van der Waals surface area contributed by atoms with Crippen LogP contribution in [0.15, 0.2) is 36.4 Å². The van der Waals surface area contributed by atoms with Crippen molar-refractivity contribution in [3.63, 3.8) is 0 Å². The van der Waals surface area contributed by atoms with E-state index in [9.17, 15) is 19.5 Å². The second-order valence-corrected chi connectivity index (χ2v) is 7.35. The molecule has 0 heterocycles. The molecule has 144 valence electrons. The first-order valence-corrected chi connectivity index (χ1v) is 9.62. The lowest BCUT2D eigenvalue weighted by Crippen LogP contribution is -2.41. The van der Waals surface area contributed by atoms with Crippen molar-refractivity contribution in [1.82, 2.24) is 5.32 Å². The van der Waals surface area contributed by atoms with Crippen LogP contribution in [0.2, 0.25) is 0 Å². The number of carbonyl (C=O) groups is 3. The maximum absolute atomic E-state index is 12.4. The molecule has 0 bridgehead atoms. The van der Waals surface area contributed by atoms with Crippen molar-refractivity contribution >= 4 is 23.5 Å². The smallest absolute Gasteiger partial charge is 0.251 e. The fraction of sp³-hybridized carbons (Fsp3) is 0.476. The average molecular weight is 369 g/mol. The number of carboxylic acid groups (broad SMARTS) is 1. The third kappa shape index (κ3) is 4.96. The van der Waals surface area contributed by atoms with E-state index in [1.807, 2.05) is 6.08 Å². The summed E-state index contributed by atoms with van der Waals surface area (Å²) >= 11 is 0. The predicted molar refractivity (Wildman–Crippen MR) is 99.8 cm³/mol. The molecule has 0 unspecified atom stereocenters. The van der Waals surface area contributed by atoms with Gasteiger partial charge in [-0.3, -0.25) is 9.59 Å². The highest BCUT2D eigenvalue weighted by molar-refractivity contribution is 5.97. The van der Waals surface area contributed by atoms with Gasteiger partial charge in [0, 0.05) is 29.2 Å². The number of anilines is 1. The summed E-state index contributed by atoms with van der Waals surface area (Å²) in [5.74, 6) is -3.10. The van der Waals surface area contributed by atoms with Gasteiger partial charge in [-0.2, -0.15) is 0 Å². The molecule has 2 amide bonds. The molecule has 2 aliphatic rings. The highest BCUT2D eigenvalue weighted by Crippen LogP contribution is 2.26. The first kappa shape index (κ1) is 19.1. The Kier molecular flexibility index (Phi) is 6.27. The van der Waals surface area contributed by atoms with Gasteiger partial charge in [0.05, 0.1) is 5.92 Å². The van der Waals surface area contributed by atoms with Crippen molar-refractivity contribution in [3.05, 3.63) is 42.0 Å². The summed E-state index contributed by atoms with van der Waals surface area (Å²) in [6.07, 6.45) is 9.86. The average Bonchev–Trinajstić information content (AvgIpc) is 2.69. The molecule has 0 saturated heterocycles. The second kappa shape index (κ2) is 8.84. The predicted octanol–water partition coefficient (Wildman–Crippen LogP) is 2.02. The van der Waals surface area contributed by atoms with Crippen molar-refractivity contribution in [3.8, 4) is 0 Å². The Morgan fingerprint density at radius 3 is 2.15 bits per heavy atom. The number of benzene rings is 1. The number of carboxylic acids is 1. The monoisotopic (exact) mass is 369 g/mol. The number of hydrogen-bond donors (Lipinski definition) is 2. The van der Waals surface area contributed by atoms with Gasteiger partial charge in [-0.15, -0.1) is 0 Å². The zero-order valence-corrected chi connectivity index (χ0v) is 15.3. The van der Waals surface area contributed by atoms with Gasteiger partial charge in [0.25, 0.3) is 5.91 Å². The van der Waals surface area contributed by atoms with Gasteiger partial charge in [-0.25, -0.2) is 0 Å². The minimum atomic E-state index is -1.20. The van der Waals surface area contributed by atoms with Crippen LogP contribution < -0.4 is 15.7 Å². The molecule has 27 heavy (non-hydrogen) atoms. The number of rotatable bonds is 5. The summed E-state index contributed by atoms with van der Waals surface area (Å²) in [6, 6.07) is 6.92. The van der Waals surface area contributed by atoms with E-state index in [1.165, 1.54) is 6.42 Å². The van der Waals surface area contributed by atoms with Crippen molar-refractivity contribution in [2.45, 2.75) is 51.0 Å². The molecule has 6 nitrogen and oxygen atoms in total. The zero-order chi connectivity index (χ0) is 19.2. The maximum atomic E-state index is 12.4. The highest BCUT2D eigenvalue weighted by atomic mass is 16.4. The van der Waals surface area contributed by atoms with Gasteiger partial charge in [0.2, 0.25) is 5.91 Å². The third-order valence-corrected chi connectivity index (χ3v) is 5.43. The van der Waals surface area contributed by atoms with Crippen LogP contribution in [-0.4, -0.2) is 23.8 Å². The molecule has 0 aromatic heterocycles. The Morgan fingerprint density at radius 1 is 0.889 bits per heavy atom. The molecule has 0 aliphatic heterocycles. The van der Waals surface area contributed by atoms with Crippen LogP contribution in [0.25, 0.3) is 0 Å². The molecule has 0 radical (unpaired) electrons. The zero-order valence-electron chi connectivity index (χ0n) is 15.3. The Hall–Kier alpha value is -2.63. The summed E-state index contributed by atoms with van der Waals surface area (Å²) < 4.78 is 0. The van der Waals surface area contributed by atoms with E-state index in [-0.39, 0.29) is 17.9 Å². The summed E-state index contributed by atoms with van der Waals surface area (Å²) in [7, 11) is 0. The van der Waals surface area contributed by atoms with Gasteiger partial charge in [0.1, 0.15) is 0 Å². The second-order valence-electron chi connectivity index (χ2n) is 7.35. The van der Waals surface area contributed by atoms with Gasteiger partial charge in [-0.1, -0.05) is 31.4 Å². The van der Waals surface area contributed by atoms with Crippen molar-refractivity contribution < 1.29 is 19.5 Å². The number of nitrogens with one attached hydrogen (secondary N) is 2. The molecule has 2 N–H and O–H groups in total. The molecule has 3 rings (SSSR count). The Balaban J connectivity index is 1.58. The first-order valence-electron chi connectivity index (χ1n) is 9.62. The topological polar surface area (TPSA) is 98.3 Å². The highest BCUT2D eigenvalue weighted by Gasteiger charge is 2.29. The van der Waals surface area contributed by atoms with Crippen LogP contribution in [0.4, 0.5) is 5.69 Å². The molecule has 2 aliphatic carbocycles. The lowest BCUT2D eigenvalue weighted by Gasteiger charge is -2.28. The van der Waals surface area contributed by atoms with E-state index >= 15 is 0 Å². The Morgan fingerprint density at radius 2 is 1.52 bits per heavy atom. The van der Waals surface area contributed by atoms with Crippen LogP contribution >= 0.6 is 0 Å². The number of carbonyl (C=O) groups excluding carboxylic acids is 3. The summed E-state index contributed by atoms with van der Waals surface area (Å²) in [5.41, 5.74) is 1.09. The van der Waals surface area contributed by atoms with E-state index in [0.717, 1.165) is 25.7 Å². The maximum Gasteiger partial charge on any atom is 0.251 e. The molecule has 1 aromatic rings. The molecule has 1 fully saturated rings. The minimum Gasteiger partial charge on any atom is -0.550 e. The van der Waals surface area contributed by atoms with Crippen molar-refractivity contribution in [2.75, 3.05) is 5.32 Å². The lowest BCUT2D eigenvalue weighted by molar-refractivity contribution is -0.313. The summed E-state index contributed by atoms with van der Waals surface area (Å²) in [5, 5.41) is 17.0. The fourth-order valence-corrected chi connectivity index (χ4v) is 3.82. The van der Waals surface area contributed by atoms with E-state index in [2.05, 4.69) is 10.6 Å². The number of hydrogen-bond acceptors (Lipinski definition) is 4. The number of aliphatic carboxylic acids is 1. The normalized spacial score (nSPS) is 22.8. The summed E-state index contributed by atoms with van der Waals surface area (Å²) in [4.78, 5) is 36.0. The Labute approximate surface area is 159 Å². The van der Waals surface area contributed by atoms with E-state index in [4.69, 9.17) is 0 Å². The lowest BCUT2D eigenvalue weighted by atomic mass is 9.82. The largest absolute Gasteiger partial charge is 0.550 e. The molecular formula is C21H25N2O4-. The van der Waals surface area contributed by atoms with E-state index in [0.29, 0.717) is 24.1 Å². The molecule has 1 saturated carbocycles. The van der Waals surface area contributed by atoms with Gasteiger partial charge in [-0.05, 0) is 49.9 Å². The quantitative estimate of drug-likeness (QED) is 0.776. The fourth-order valence-electron chi connectivity index (χ4n) is 3.82. The molecule has 0 spiro atoms. The van der Waals surface area contributed by atoms with Crippen LogP contribution in [0.1, 0.15) is 55.3 Å². The standard InChI is InChI=1S/C21H26N2O4/c24-19(22-15-6-2-1-3-7-15)14-10-12-16(13-11-14)23-20(25)17-8-4-5-9-18(17)21(26)27/h4-5,10-13,15,17-18H,1-3,6-9H2,(H,22,24)(H,23,25)(H,26,27)/p-1/t17-,18-/m1/s1. The van der Waals surface area contributed by atoms with Crippen LogP contribution in [-0.2, 0) is 9.59 Å². The molecular weight excluding hydrogens is 344 g/mol. The van der Waals surface area contributed by atoms with Crippen LogP contribution in [0.5, 0.6) is 0 Å². The third-order valence-electron chi connectivity index (χ3n) is 5.43. The van der Waals surface area contributed by atoms with Gasteiger partial charge in [0.15, 0.2) is 0 Å². The summed E-state index contributed by atoms with van der Waals surface area (Å²) in [6.45, 7) is 0. The molecule has 6 heteroatoms. The molecule has 2 atom stereocenters. The molecule has 1 aromatic carbocycles. The van der Waals surface area contributed by atoms with Crippen LogP contribution in [0.3, 0.4) is 0 Å². The van der Waals surface area contributed by atoms with Gasteiger partial charge >= 0.3 is 0 Å². The SMILES string of the molecule is O=C(NC1CCCCC1)c1ccc(NC(=O)[C@@H]2CC=CC[C@H]2C(=O)[O-])cc1. The first-order chi connectivity index (χ1) is 13.0.